The van der Waals surface area contributed by atoms with Gasteiger partial charge in [0, 0.05) is 0 Å². The van der Waals surface area contributed by atoms with Crippen LogP contribution < -0.4 is 0 Å². The summed E-state index contributed by atoms with van der Waals surface area (Å²) in [5.74, 6) is -0.0815. The van der Waals surface area contributed by atoms with Gasteiger partial charge >= 0.3 is 86.8 Å². The summed E-state index contributed by atoms with van der Waals surface area (Å²) in [7, 11) is 0. The van der Waals surface area contributed by atoms with Crippen molar-refractivity contribution in [2.24, 2.45) is 0 Å². The van der Waals surface area contributed by atoms with Crippen molar-refractivity contribution in [1.82, 2.24) is 0 Å². The second-order valence-corrected chi connectivity index (χ2v) is 4.61. The number of carbonyl (C=O) groups is 2. The maximum atomic E-state index is 11.6. The van der Waals surface area contributed by atoms with E-state index < -0.39 is 4.51 Å². The summed E-state index contributed by atoms with van der Waals surface area (Å²) < 4.78 is -0.401. The Morgan fingerprint density at radius 3 is 2.23 bits per heavy atom. The Balaban J connectivity index is 2.86. The number of benzene rings is 1. The van der Waals surface area contributed by atoms with Gasteiger partial charge in [-0.1, -0.05) is 0 Å². The molecule has 0 spiro atoms. The predicted molar refractivity (Wildman–Crippen MR) is 45.2 cm³/mol. The first kappa shape index (κ1) is 10.3. The molecule has 0 aromatic heterocycles. The number of hydrogen-bond donors (Lipinski definition) is 0. The quantitative estimate of drug-likeness (QED) is 0.447. The zero-order chi connectivity index (χ0) is 9.84. The monoisotopic (exact) mass is 225 g/mol. The molecule has 0 heterocycles. The molecule has 0 bridgehead atoms. The van der Waals surface area contributed by atoms with Crippen LogP contribution in [0.3, 0.4) is 0 Å². The van der Waals surface area contributed by atoms with Crippen LogP contribution in [0.15, 0.2) is 30.3 Å². The summed E-state index contributed by atoms with van der Waals surface area (Å²) in [6, 6.07) is 8.95. The Hall–Kier alpha value is -0.817. The molecule has 2 nitrogen and oxygen atoms in total. The summed E-state index contributed by atoms with van der Waals surface area (Å²) in [6.45, 7) is 1.47. The Morgan fingerprint density at radius 2 is 1.77 bits per heavy atom. The molecule has 0 radical (unpaired) electrons. The van der Waals surface area contributed by atoms with Crippen molar-refractivity contribution in [1.29, 1.82) is 0 Å². The van der Waals surface area contributed by atoms with Gasteiger partial charge in [-0.25, -0.2) is 0 Å². The molecule has 0 amide bonds. The molecule has 0 fully saturated rings. The van der Waals surface area contributed by atoms with Crippen molar-refractivity contribution < 1.29 is 27.9 Å². The van der Waals surface area contributed by atoms with Crippen molar-refractivity contribution in [2.45, 2.75) is 11.4 Å². The predicted octanol–water partition coefficient (Wildman–Crippen LogP) is 1.79. The third-order valence-electron chi connectivity index (χ3n) is 1.87. The molecule has 1 rings (SSSR count). The van der Waals surface area contributed by atoms with E-state index in [0.717, 1.165) is 0 Å². The van der Waals surface area contributed by atoms with Gasteiger partial charge < -0.3 is 0 Å². The average molecular weight is 227 g/mol. The maximum absolute atomic E-state index is 11.6. The van der Waals surface area contributed by atoms with Gasteiger partial charge in [0.2, 0.25) is 0 Å². The van der Waals surface area contributed by atoms with E-state index in [4.69, 9.17) is 0 Å². The molecule has 1 aromatic carbocycles. The molecule has 3 heteroatoms. The minimum absolute atomic E-state index is 0.0335. The molecule has 1 unspecified atom stereocenters. The molecular weight excluding hydrogens is 217 g/mol. The first-order valence-electron chi connectivity index (χ1n) is 4.05. The number of Topliss-reactive ketones (excluding diaryl/α,β-unsaturated/α-hetero) is 2. The van der Waals surface area contributed by atoms with Crippen LogP contribution in [0, 0.1) is 0 Å². The van der Waals surface area contributed by atoms with E-state index in [1.807, 2.05) is 6.07 Å². The van der Waals surface area contributed by atoms with Crippen LogP contribution in [-0.4, -0.2) is 11.6 Å². The third kappa shape index (κ3) is 2.56. The van der Waals surface area contributed by atoms with Crippen molar-refractivity contribution >= 4 is 11.6 Å². The van der Waals surface area contributed by atoms with Gasteiger partial charge in [-0.15, -0.1) is 0 Å². The molecule has 0 aliphatic rings. The van der Waals surface area contributed by atoms with Crippen LogP contribution in [0.25, 0.3) is 0 Å². The van der Waals surface area contributed by atoms with Crippen molar-refractivity contribution in [2.75, 3.05) is 0 Å². The second-order valence-electron chi connectivity index (χ2n) is 2.89. The van der Waals surface area contributed by atoms with Gasteiger partial charge in [0.05, 0.1) is 0 Å². The molecule has 1 aromatic rings. The zero-order valence-electron chi connectivity index (χ0n) is 7.49. The average Bonchev–Trinajstić information content (AvgIpc) is 2.17. The van der Waals surface area contributed by atoms with E-state index in [-0.39, 0.29) is 11.6 Å². The molecule has 0 aliphatic heterocycles. The summed E-state index contributed by atoms with van der Waals surface area (Å²) >= 11 is 0.697. The van der Waals surface area contributed by atoms with Gasteiger partial charge in [0.1, 0.15) is 0 Å². The van der Waals surface area contributed by atoms with Gasteiger partial charge in [-0.3, -0.25) is 0 Å². The first-order valence-corrected chi connectivity index (χ1v) is 5.77. The van der Waals surface area contributed by atoms with E-state index in [0.29, 0.717) is 23.9 Å². The number of hydrogen-bond acceptors (Lipinski definition) is 2. The second kappa shape index (κ2) is 4.43. The normalized spacial score (nSPS) is 12.2. The van der Waals surface area contributed by atoms with Crippen LogP contribution in [0.2, 0.25) is 4.51 Å². The van der Waals surface area contributed by atoms with Gasteiger partial charge in [0.15, 0.2) is 0 Å². The third-order valence-corrected chi connectivity index (χ3v) is 3.85. The molecule has 0 saturated carbocycles. The fourth-order valence-electron chi connectivity index (χ4n) is 0.988. The van der Waals surface area contributed by atoms with Crippen LogP contribution in [0.5, 0.6) is 0 Å². The molecular formula is C10H9O2Zn. The van der Waals surface area contributed by atoms with Crippen LogP contribution in [0.1, 0.15) is 17.3 Å². The first-order chi connectivity index (χ1) is 6.13. The minimum atomic E-state index is -0.401. The van der Waals surface area contributed by atoms with E-state index in [2.05, 4.69) is 0 Å². The summed E-state index contributed by atoms with van der Waals surface area (Å²) in [4.78, 5) is 22.6. The Labute approximate surface area is 87.0 Å². The fourth-order valence-corrected chi connectivity index (χ4v) is 1.48. The van der Waals surface area contributed by atoms with Crippen LogP contribution >= 0.6 is 0 Å². The Kier molecular flexibility index (Phi) is 3.50. The zero-order valence-corrected chi connectivity index (χ0v) is 10.5. The standard InChI is InChI=1S/C10H9O2.Zn/c1-8(11)7-10(12)9-5-3-2-4-6-9;/h2-7H,1H3;. The molecule has 13 heavy (non-hydrogen) atoms. The SMILES string of the molecule is CC(=O)[CH]([Zn])C(=O)c1ccccc1. The molecule has 0 saturated heterocycles. The van der Waals surface area contributed by atoms with Gasteiger partial charge in [-0.05, 0) is 0 Å². The Morgan fingerprint density at radius 1 is 1.23 bits per heavy atom. The summed E-state index contributed by atoms with van der Waals surface area (Å²) in [5.41, 5.74) is 0.633. The topological polar surface area (TPSA) is 34.1 Å². The number of carbonyl (C=O) groups excluding carboxylic acids is 2. The van der Waals surface area contributed by atoms with Crippen LogP contribution in [0.4, 0.5) is 0 Å². The summed E-state index contributed by atoms with van der Waals surface area (Å²) in [5, 5.41) is 0. The Bertz CT molecular complexity index is 319. The van der Waals surface area contributed by atoms with E-state index in [9.17, 15) is 9.59 Å². The van der Waals surface area contributed by atoms with Crippen molar-refractivity contribution in [3.05, 3.63) is 35.9 Å². The van der Waals surface area contributed by atoms with E-state index in [1.54, 1.807) is 24.3 Å². The molecule has 1 atom stereocenters. The molecule has 0 aliphatic carbocycles. The van der Waals surface area contributed by atoms with E-state index in [1.165, 1.54) is 6.92 Å². The molecule has 63 valence electrons. The van der Waals surface area contributed by atoms with Gasteiger partial charge in [0.25, 0.3) is 0 Å². The number of rotatable bonds is 3. The summed E-state index contributed by atoms with van der Waals surface area (Å²) in [6.07, 6.45) is 0. The van der Waals surface area contributed by atoms with Gasteiger partial charge in [-0.2, -0.15) is 0 Å². The van der Waals surface area contributed by atoms with Crippen molar-refractivity contribution in [3.8, 4) is 0 Å². The van der Waals surface area contributed by atoms with Crippen molar-refractivity contribution in [3.63, 3.8) is 0 Å². The molecule has 0 N–H and O–H groups in total. The number of ketones is 2. The van der Waals surface area contributed by atoms with E-state index >= 15 is 0 Å². The van der Waals surface area contributed by atoms with Crippen LogP contribution in [-0.2, 0) is 23.1 Å². The fraction of sp³-hybridized carbons (Fsp3) is 0.200.